The van der Waals surface area contributed by atoms with Gasteiger partial charge in [0.05, 0.1) is 48.6 Å². The summed E-state index contributed by atoms with van der Waals surface area (Å²) < 4.78 is 11.0. The lowest BCUT2D eigenvalue weighted by Gasteiger charge is -2.36. The van der Waals surface area contributed by atoms with Crippen molar-refractivity contribution in [3.05, 3.63) is 85.2 Å². The minimum atomic E-state index is -0.992. The Morgan fingerprint density at radius 2 is 1.67 bits per heavy atom. The van der Waals surface area contributed by atoms with Crippen molar-refractivity contribution in [2.24, 2.45) is 5.73 Å². The van der Waals surface area contributed by atoms with Gasteiger partial charge in [-0.25, -0.2) is 9.59 Å². The van der Waals surface area contributed by atoms with E-state index in [2.05, 4.69) is 44.0 Å². The van der Waals surface area contributed by atoms with E-state index in [1.807, 2.05) is 0 Å². The molecule has 2 aromatic rings. The van der Waals surface area contributed by atoms with E-state index in [9.17, 15) is 20.1 Å². The fraction of sp³-hybridized carbons (Fsp3) is 0.130. The highest BCUT2D eigenvalue weighted by Gasteiger charge is 2.44. The number of hydrogen-bond donors (Lipinski definition) is 1. The van der Waals surface area contributed by atoms with Gasteiger partial charge >= 0.3 is 11.9 Å². The normalized spacial score (nSPS) is 15.6. The van der Waals surface area contributed by atoms with Crippen LogP contribution in [0.5, 0.6) is 0 Å². The third-order valence-electron chi connectivity index (χ3n) is 4.98. The first-order valence-electron chi connectivity index (χ1n) is 9.35. The molecule has 0 saturated heterocycles. The van der Waals surface area contributed by atoms with Crippen LogP contribution in [0.4, 0.5) is 5.69 Å². The zero-order valence-electron chi connectivity index (χ0n) is 17.4. The number of ether oxygens (including phenoxy) is 2. The molecule has 0 amide bonds. The number of rotatable bonds is 4. The molecule has 1 heterocycles. The summed E-state index contributed by atoms with van der Waals surface area (Å²) in [6.07, 6.45) is 0. The van der Waals surface area contributed by atoms with Crippen LogP contribution in [-0.2, 0) is 19.1 Å². The predicted molar refractivity (Wildman–Crippen MR) is 126 cm³/mol. The summed E-state index contributed by atoms with van der Waals surface area (Å²) >= 11 is 6.73. The Morgan fingerprint density at radius 3 is 2.21 bits per heavy atom. The van der Waals surface area contributed by atoms with Crippen LogP contribution >= 0.6 is 31.9 Å². The maximum Gasteiger partial charge on any atom is 0.355 e. The molecule has 1 atom stereocenters. The van der Waals surface area contributed by atoms with E-state index in [0.29, 0.717) is 14.5 Å². The van der Waals surface area contributed by atoms with E-state index in [1.54, 1.807) is 36.4 Å². The van der Waals surface area contributed by atoms with Crippen molar-refractivity contribution in [3.8, 4) is 12.1 Å². The van der Waals surface area contributed by atoms with Crippen molar-refractivity contribution in [2.75, 3.05) is 19.1 Å². The Kier molecular flexibility index (Phi) is 7.22. The lowest BCUT2D eigenvalue weighted by atomic mass is 9.80. The number of nitrogens with two attached hydrogens (primary N) is 1. The lowest BCUT2D eigenvalue weighted by Crippen LogP contribution is -2.41. The molecule has 33 heavy (non-hydrogen) atoms. The average molecular weight is 572 g/mol. The number of carbonyl (C=O) groups is 2. The minimum Gasteiger partial charge on any atom is -0.466 e. The summed E-state index contributed by atoms with van der Waals surface area (Å²) in [6.45, 7) is 0. The quantitative estimate of drug-likeness (QED) is 0.545. The summed E-state index contributed by atoms with van der Waals surface area (Å²) in [5, 5.41) is 19.8. The standard InChI is InChI=1S/C23H16Br2N4O4/c1-32-22(30)18-17(12-6-4-3-5-7-12)15(11-27)21(28)29(20(18)23(31)33-2)19-13(10-26)8-14(24)9-16(19)25/h3-9,17H,28H2,1-2H3. The van der Waals surface area contributed by atoms with E-state index in [4.69, 9.17) is 15.2 Å². The Balaban J connectivity index is 2.51. The molecule has 3 rings (SSSR count). The Labute approximate surface area is 206 Å². The van der Waals surface area contributed by atoms with Crippen molar-refractivity contribution in [1.29, 1.82) is 10.5 Å². The topological polar surface area (TPSA) is 129 Å². The second-order valence-corrected chi connectivity index (χ2v) is 8.50. The van der Waals surface area contributed by atoms with Gasteiger partial charge in [-0.1, -0.05) is 46.3 Å². The number of halogens is 2. The maximum atomic E-state index is 13.1. The van der Waals surface area contributed by atoms with Crippen molar-refractivity contribution in [1.82, 2.24) is 0 Å². The van der Waals surface area contributed by atoms with E-state index in [1.165, 1.54) is 18.1 Å². The Bertz CT molecular complexity index is 1290. The lowest BCUT2D eigenvalue weighted by molar-refractivity contribution is -0.139. The largest absolute Gasteiger partial charge is 0.466 e. The van der Waals surface area contributed by atoms with Crippen LogP contribution < -0.4 is 10.6 Å². The molecular formula is C23H16Br2N4O4. The number of methoxy groups -OCH3 is 2. The molecule has 0 bridgehead atoms. The van der Waals surface area contributed by atoms with Crippen LogP contribution in [0.25, 0.3) is 0 Å². The molecule has 2 aromatic carbocycles. The summed E-state index contributed by atoms with van der Waals surface area (Å²) in [4.78, 5) is 27.3. The molecule has 10 heteroatoms. The highest BCUT2D eigenvalue weighted by molar-refractivity contribution is 9.11. The number of allylic oxidation sites excluding steroid dienone is 1. The summed E-state index contributed by atoms with van der Waals surface area (Å²) in [5.74, 6) is -2.86. The summed E-state index contributed by atoms with van der Waals surface area (Å²) in [5.41, 5.74) is 6.91. The number of benzene rings is 2. The first-order valence-corrected chi connectivity index (χ1v) is 10.9. The summed E-state index contributed by atoms with van der Waals surface area (Å²) in [7, 11) is 2.32. The molecule has 0 radical (unpaired) electrons. The van der Waals surface area contributed by atoms with E-state index < -0.39 is 17.9 Å². The first-order chi connectivity index (χ1) is 15.8. The fourth-order valence-corrected chi connectivity index (χ4v) is 5.03. The van der Waals surface area contributed by atoms with Crippen molar-refractivity contribution >= 4 is 49.5 Å². The molecule has 0 spiro atoms. The number of nitriles is 2. The van der Waals surface area contributed by atoms with Crippen LogP contribution in [-0.4, -0.2) is 26.2 Å². The molecule has 8 nitrogen and oxygen atoms in total. The second kappa shape index (κ2) is 9.90. The third kappa shape index (κ3) is 4.23. The number of nitrogens with zero attached hydrogens (tertiary/aromatic N) is 3. The number of carbonyl (C=O) groups excluding carboxylic acids is 2. The Hall–Kier alpha value is -3.60. The first kappa shape index (κ1) is 24.1. The Morgan fingerprint density at radius 1 is 1.03 bits per heavy atom. The fourth-order valence-electron chi connectivity index (χ4n) is 3.62. The molecule has 2 N–H and O–H groups in total. The smallest absolute Gasteiger partial charge is 0.355 e. The van der Waals surface area contributed by atoms with Gasteiger partial charge in [0.15, 0.2) is 0 Å². The van der Waals surface area contributed by atoms with Gasteiger partial charge in [0.2, 0.25) is 0 Å². The van der Waals surface area contributed by atoms with E-state index in [0.717, 1.165) is 7.11 Å². The monoisotopic (exact) mass is 570 g/mol. The van der Waals surface area contributed by atoms with Crippen LogP contribution in [0.2, 0.25) is 0 Å². The van der Waals surface area contributed by atoms with Gasteiger partial charge in [-0.2, -0.15) is 10.5 Å². The molecule has 0 aromatic heterocycles. The number of anilines is 1. The van der Waals surface area contributed by atoms with Gasteiger partial charge in [0, 0.05) is 8.95 Å². The SMILES string of the molecule is COC(=O)C1=C(C(=O)OC)N(c2c(Br)cc(Br)cc2C#N)C(N)=C(C#N)C1c1ccccc1. The molecule has 0 saturated carbocycles. The van der Waals surface area contributed by atoms with Gasteiger partial charge in [0.1, 0.15) is 17.6 Å². The van der Waals surface area contributed by atoms with Crippen molar-refractivity contribution in [2.45, 2.75) is 5.92 Å². The highest BCUT2D eigenvalue weighted by atomic mass is 79.9. The van der Waals surface area contributed by atoms with Gasteiger partial charge in [-0.15, -0.1) is 0 Å². The number of esters is 2. The van der Waals surface area contributed by atoms with Gasteiger partial charge < -0.3 is 15.2 Å². The molecular weight excluding hydrogens is 556 g/mol. The van der Waals surface area contributed by atoms with Gasteiger partial charge in [0.25, 0.3) is 0 Å². The molecule has 1 aliphatic heterocycles. The highest BCUT2D eigenvalue weighted by Crippen LogP contribution is 2.46. The second-order valence-electron chi connectivity index (χ2n) is 6.73. The molecule has 0 aliphatic carbocycles. The molecule has 1 unspecified atom stereocenters. The predicted octanol–water partition coefficient (Wildman–Crippen LogP) is 3.98. The van der Waals surface area contributed by atoms with Crippen LogP contribution in [0.3, 0.4) is 0 Å². The zero-order chi connectivity index (χ0) is 24.3. The van der Waals surface area contributed by atoms with Gasteiger partial charge in [-0.3, -0.25) is 4.90 Å². The molecule has 166 valence electrons. The van der Waals surface area contributed by atoms with E-state index >= 15 is 0 Å². The minimum absolute atomic E-state index is 0.00737. The van der Waals surface area contributed by atoms with E-state index in [-0.39, 0.29) is 33.9 Å². The van der Waals surface area contributed by atoms with Crippen LogP contribution in [0.15, 0.2) is 74.1 Å². The molecule has 0 fully saturated rings. The summed E-state index contributed by atoms with van der Waals surface area (Å²) in [6, 6.07) is 15.9. The maximum absolute atomic E-state index is 13.1. The average Bonchev–Trinajstić information content (AvgIpc) is 2.82. The van der Waals surface area contributed by atoms with Crippen LogP contribution in [0.1, 0.15) is 17.0 Å². The van der Waals surface area contributed by atoms with Crippen molar-refractivity contribution in [3.63, 3.8) is 0 Å². The number of hydrogen-bond acceptors (Lipinski definition) is 8. The molecule has 1 aliphatic rings. The zero-order valence-corrected chi connectivity index (χ0v) is 20.6. The van der Waals surface area contributed by atoms with Gasteiger partial charge in [-0.05, 0) is 33.6 Å². The van der Waals surface area contributed by atoms with Crippen LogP contribution in [0, 0.1) is 22.7 Å². The third-order valence-corrected chi connectivity index (χ3v) is 6.04. The van der Waals surface area contributed by atoms with Crippen molar-refractivity contribution < 1.29 is 19.1 Å².